The quantitative estimate of drug-likeness (QED) is 0.0168. The molecule has 0 aliphatic heterocycles. The van der Waals surface area contributed by atoms with Crippen molar-refractivity contribution < 1.29 is 22.8 Å². The zero-order valence-electron chi connectivity index (χ0n) is 37.7. The molecule has 0 saturated carbocycles. The molecule has 2 aromatic carbocycles. The van der Waals surface area contributed by atoms with Crippen LogP contribution < -0.4 is 0 Å². The van der Waals surface area contributed by atoms with Gasteiger partial charge in [0.15, 0.2) is 0 Å². The van der Waals surface area contributed by atoms with E-state index in [1.165, 1.54) is 178 Å². The molecule has 0 aliphatic carbocycles. The second-order valence-corrected chi connectivity index (χ2v) is 18.5. The fourth-order valence-corrected chi connectivity index (χ4v) is 9.51. The molecule has 56 heavy (non-hydrogen) atoms. The molecule has 0 N–H and O–H groups in total. The van der Waals surface area contributed by atoms with Gasteiger partial charge < -0.3 is 5.53 Å². The van der Waals surface area contributed by atoms with Gasteiger partial charge in [-0.1, -0.05) is 185 Å². The normalized spacial score (nSPS) is 11.5. The van der Waals surface area contributed by atoms with E-state index >= 15 is 0 Å². The molecule has 0 atom stereocenters. The summed E-state index contributed by atoms with van der Waals surface area (Å²) >= 11 is 1.07. The molecule has 3 heteroatoms. The summed E-state index contributed by atoms with van der Waals surface area (Å²) in [6.07, 6.45) is 37.6. The summed E-state index contributed by atoms with van der Waals surface area (Å²) < 4.78 is 0. The zero-order valence-corrected chi connectivity index (χ0v) is 39.3. The van der Waals surface area contributed by atoms with Crippen LogP contribution in [-0.4, -0.2) is 10.7 Å². The number of unbranched alkanes of at least 4 members (excludes halogenated alkanes) is 19. The summed E-state index contributed by atoms with van der Waals surface area (Å²) in [6, 6.07) is 18.6. The summed E-state index contributed by atoms with van der Waals surface area (Å²) in [5, 5.41) is 0. The van der Waals surface area contributed by atoms with Gasteiger partial charge in [0.25, 0.3) is 0 Å². The van der Waals surface area contributed by atoms with Crippen LogP contribution in [0, 0.1) is 0 Å². The predicted molar refractivity (Wildman–Crippen MR) is 247 cm³/mol. The summed E-state index contributed by atoms with van der Waals surface area (Å²) in [5.74, 6) is 3.02. The van der Waals surface area contributed by atoms with Crippen LogP contribution in [0.4, 0.5) is 0 Å². The van der Waals surface area contributed by atoms with E-state index < -0.39 is 0 Å². The fraction of sp³-hybridized carbons (Fsp3) is 0.698. The van der Waals surface area contributed by atoms with E-state index in [2.05, 4.69) is 101 Å². The maximum absolute atomic E-state index is 9.63. The van der Waals surface area contributed by atoms with Gasteiger partial charge in [-0.15, -0.1) is 4.79 Å². The van der Waals surface area contributed by atoms with Crippen LogP contribution in [-0.2, 0) is 30.8 Å². The van der Waals surface area contributed by atoms with Gasteiger partial charge in [0, 0.05) is 0 Å². The van der Waals surface area contributed by atoms with Crippen LogP contribution in [0.15, 0.2) is 59.7 Å². The van der Waals surface area contributed by atoms with Crippen LogP contribution in [0.1, 0.15) is 237 Å². The molecule has 0 saturated heterocycles. The monoisotopic (exact) mass is 859 g/mol. The number of aryl methyl sites for hydroxylation is 2. The van der Waals surface area contributed by atoms with Gasteiger partial charge in [-0.25, -0.2) is 0 Å². The number of benzene rings is 2. The van der Waals surface area contributed by atoms with E-state index in [1.54, 1.807) is 0 Å². The SMILES string of the molecule is CCCCCCCCCCCCCCCCCc1cccc(C(=C(CCCC)C(=C=[N+]=[N-])CCCC)c2ccc(CCCC)cc2)c1.CCC[CH2][Pd][CH2]CCC. The Balaban J connectivity index is 0.00000154. The molecule has 0 bridgehead atoms. The van der Waals surface area contributed by atoms with Crippen LogP contribution >= 0.6 is 0 Å². The Hall–Kier alpha value is -2.00. The fourth-order valence-electron chi connectivity index (χ4n) is 7.25. The van der Waals surface area contributed by atoms with Crippen molar-refractivity contribution in [1.29, 1.82) is 0 Å². The second-order valence-electron chi connectivity index (χ2n) is 16.1. The van der Waals surface area contributed by atoms with Crippen molar-refractivity contribution in [3.05, 3.63) is 87.5 Å². The number of hydrogen-bond donors (Lipinski definition) is 0. The van der Waals surface area contributed by atoms with E-state index in [9.17, 15) is 5.53 Å². The molecule has 0 spiro atoms. The van der Waals surface area contributed by atoms with Gasteiger partial charge in [-0.05, 0) is 84.8 Å². The van der Waals surface area contributed by atoms with E-state index in [-0.39, 0.29) is 0 Å². The van der Waals surface area contributed by atoms with E-state index in [0.717, 1.165) is 74.9 Å². The number of allylic oxidation sites excluding steroid dienone is 2. The Morgan fingerprint density at radius 3 is 1.48 bits per heavy atom. The Bertz CT molecular complexity index is 1310. The molecular formula is C53H88N2Pd. The molecule has 2 nitrogen and oxygen atoms in total. The van der Waals surface area contributed by atoms with Gasteiger partial charge in [0.1, 0.15) is 0 Å². The van der Waals surface area contributed by atoms with Crippen LogP contribution in [0.25, 0.3) is 11.1 Å². The Morgan fingerprint density at radius 2 is 0.964 bits per heavy atom. The molecule has 0 aromatic heterocycles. The topological polar surface area (TPSA) is 36.4 Å². The summed E-state index contributed by atoms with van der Waals surface area (Å²) in [7, 11) is 0. The van der Waals surface area contributed by atoms with E-state index in [0.29, 0.717) is 0 Å². The van der Waals surface area contributed by atoms with Gasteiger partial charge in [0.05, 0.1) is 5.57 Å². The van der Waals surface area contributed by atoms with Gasteiger partial charge >= 0.3 is 73.2 Å². The molecule has 0 fully saturated rings. The van der Waals surface area contributed by atoms with Gasteiger partial charge in [-0.2, -0.15) is 0 Å². The Kier molecular flexibility index (Phi) is 35.8. The Morgan fingerprint density at radius 1 is 0.482 bits per heavy atom. The first kappa shape index (κ1) is 52.0. The summed E-state index contributed by atoms with van der Waals surface area (Å²) in [6.45, 7) is 13.6. The molecule has 320 valence electrons. The zero-order chi connectivity index (χ0) is 40.7. The van der Waals surface area contributed by atoms with E-state index in [4.69, 9.17) is 0 Å². The molecule has 0 amide bonds. The number of hydrogen-bond acceptors (Lipinski definition) is 0. The van der Waals surface area contributed by atoms with Crippen molar-refractivity contribution in [1.82, 2.24) is 0 Å². The van der Waals surface area contributed by atoms with E-state index in [1.807, 2.05) is 0 Å². The minimum atomic E-state index is 0.885. The average molecular weight is 860 g/mol. The molecule has 0 aliphatic rings. The van der Waals surface area contributed by atoms with Gasteiger partial charge in [-0.3, -0.25) is 0 Å². The van der Waals surface area contributed by atoms with Crippen molar-refractivity contribution in [2.24, 2.45) is 0 Å². The van der Waals surface area contributed by atoms with Crippen molar-refractivity contribution in [3.63, 3.8) is 0 Å². The van der Waals surface area contributed by atoms with Crippen molar-refractivity contribution in [2.75, 3.05) is 0 Å². The average Bonchev–Trinajstić information content (AvgIpc) is 3.22. The predicted octanol–water partition coefficient (Wildman–Crippen LogP) is 18.0. The summed E-state index contributed by atoms with van der Waals surface area (Å²) in [4.78, 5) is 6.45. The third kappa shape index (κ3) is 26.1. The Labute approximate surface area is 357 Å². The molecule has 2 rings (SSSR count). The van der Waals surface area contributed by atoms with Crippen LogP contribution in [0.2, 0.25) is 9.79 Å². The second kappa shape index (κ2) is 38.5. The molecule has 0 unspecified atom stereocenters. The van der Waals surface area contributed by atoms with Crippen molar-refractivity contribution in [3.8, 4) is 0 Å². The third-order valence-corrected chi connectivity index (χ3v) is 13.1. The van der Waals surface area contributed by atoms with Crippen LogP contribution in [0.3, 0.4) is 0 Å². The maximum atomic E-state index is 9.63. The number of nitrogens with zero attached hydrogens (tertiary/aromatic N) is 2. The van der Waals surface area contributed by atoms with Crippen molar-refractivity contribution in [2.45, 2.75) is 238 Å². The molecular weight excluding hydrogens is 771 g/mol. The third-order valence-electron chi connectivity index (χ3n) is 10.9. The van der Waals surface area contributed by atoms with Crippen LogP contribution in [0.5, 0.6) is 0 Å². The first-order valence-corrected chi connectivity index (χ1v) is 26.1. The number of rotatable bonds is 34. The first-order chi connectivity index (χ1) is 27.6. The summed E-state index contributed by atoms with van der Waals surface area (Å²) in [5.41, 5.74) is 18.7. The standard InChI is InChI=1S/C45H70N2.2C4H9.Pd/c1-5-9-13-14-15-16-17-18-19-20-21-22-23-24-25-28-40-29-26-31-42(37-40)45(41-35-33-39(34-36-41)27-10-6-2)44(32-12-8-4)43(38-47-46)30-11-7-3;2*1-3-4-2;/h26,29,31,33-37H,5-25,27-28,30,32H2,1-4H3;2*1,3-4H2,2H3;. The van der Waals surface area contributed by atoms with Crippen molar-refractivity contribution >= 4 is 11.4 Å². The molecule has 0 radical (unpaired) electrons. The minimum absolute atomic E-state index is 0.885. The van der Waals surface area contributed by atoms with Gasteiger partial charge in [0.2, 0.25) is 0 Å². The molecule has 2 aromatic rings. The molecule has 0 heterocycles. The first-order valence-electron chi connectivity index (χ1n) is 23.9.